The Hall–Kier alpha value is -1.54. The van der Waals surface area contributed by atoms with E-state index in [0.29, 0.717) is 12.8 Å². The molecule has 0 aromatic rings. The van der Waals surface area contributed by atoms with Gasteiger partial charge < -0.3 is 0 Å². The molecule has 0 aliphatic rings. The Balaban J connectivity index is 3.40. The van der Waals surface area contributed by atoms with E-state index in [4.69, 9.17) is 10.5 Å². The second-order valence-corrected chi connectivity index (χ2v) is 3.13. The van der Waals surface area contributed by atoms with E-state index in [1.807, 2.05) is 12.2 Å². The van der Waals surface area contributed by atoms with Gasteiger partial charge in [0.25, 0.3) is 0 Å². The summed E-state index contributed by atoms with van der Waals surface area (Å²) in [7, 11) is 0. The number of nitriles is 2. The van der Waals surface area contributed by atoms with Crippen molar-refractivity contribution in [3.63, 3.8) is 0 Å². The van der Waals surface area contributed by atoms with Crippen molar-refractivity contribution in [1.82, 2.24) is 0 Å². The second-order valence-electron chi connectivity index (χ2n) is 3.13. The van der Waals surface area contributed by atoms with Crippen molar-refractivity contribution >= 4 is 0 Å². The van der Waals surface area contributed by atoms with Gasteiger partial charge in [-0.25, -0.2) is 0 Å². The quantitative estimate of drug-likeness (QED) is 0.453. The van der Waals surface area contributed by atoms with Crippen LogP contribution in [0.25, 0.3) is 0 Å². The zero-order chi connectivity index (χ0) is 10.6. The molecule has 0 amide bonds. The van der Waals surface area contributed by atoms with E-state index in [9.17, 15) is 0 Å². The van der Waals surface area contributed by atoms with Gasteiger partial charge in [0.15, 0.2) is 0 Å². The number of hydrogen-bond acceptors (Lipinski definition) is 2. The third kappa shape index (κ3) is 8.56. The van der Waals surface area contributed by atoms with Crippen molar-refractivity contribution < 1.29 is 0 Å². The summed E-state index contributed by atoms with van der Waals surface area (Å²) in [6.45, 7) is 3.92. The summed E-state index contributed by atoms with van der Waals surface area (Å²) >= 11 is 0. The van der Waals surface area contributed by atoms with Gasteiger partial charge in [0, 0.05) is 12.8 Å². The Bertz CT molecular complexity index is 263. The SMILES string of the molecule is C=C(CC=CCCC#N)CCCC#N. The smallest absolute Gasteiger partial charge is 0.0624 e. The first kappa shape index (κ1) is 12.5. The molecule has 0 spiro atoms. The van der Waals surface area contributed by atoms with Crippen LogP contribution in [-0.2, 0) is 0 Å². The lowest BCUT2D eigenvalue weighted by atomic mass is 10.1. The van der Waals surface area contributed by atoms with E-state index in [1.165, 1.54) is 0 Å². The number of hydrogen-bond donors (Lipinski definition) is 0. The molecule has 0 saturated heterocycles. The zero-order valence-electron chi connectivity index (χ0n) is 8.50. The summed E-state index contributed by atoms with van der Waals surface area (Å²) < 4.78 is 0. The van der Waals surface area contributed by atoms with Crippen LogP contribution in [0.5, 0.6) is 0 Å². The lowest BCUT2D eigenvalue weighted by Crippen LogP contribution is -1.80. The van der Waals surface area contributed by atoms with Gasteiger partial charge in [-0.2, -0.15) is 10.5 Å². The Morgan fingerprint density at radius 2 is 1.86 bits per heavy atom. The largest absolute Gasteiger partial charge is 0.198 e. The van der Waals surface area contributed by atoms with Crippen LogP contribution in [0.3, 0.4) is 0 Å². The van der Waals surface area contributed by atoms with Crippen LogP contribution >= 0.6 is 0 Å². The van der Waals surface area contributed by atoms with Crippen molar-refractivity contribution in [2.24, 2.45) is 0 Å². The van der Waals surface area contributed by atoms with Gasteiger partial charge in [-0.1, -0.05) is 24.3 Å². The highest BCUT2D eigenvalue weighted by Gasteiger charge is 1.91. The van der Waals surface area contributed by atoms with Crippen LogP contribution in [0, 0.1) is 22.7 Å². The molecule has 0 aromatic heterocycles. The van der Waals surface area contributed by atoms with E-state index in [1.54, 1.807) is 0 Å². The summed E-state index contributed by atoms with van der Waals surface area (Å²) in [5.41, 5.74) is 1.16. The van der Waals surface area contributed by atoms with E-state index < -0.39 is 0 Å². The maximum Gasteiger partial charge on any atom is 0.0624 e. The first-order valence-electron chi connectivity index (χ1n) is 4.86. The molecule has 0 aliphatic carbocycles. The number of allylic oxidation sites excluding steroid dienone is 3. The average molecular weight is 188 g/mol. The average Bonchev–Trinajstić information content (AvgIpc) is 2.18. The summed E-state index contributed by atoms with van der Waals surface area (Å²) in [6, 6.07) is 4.20. The van der Waals surface area contributed by atoms with E-state index in [0.717, 1.165) is 31.3 Å². The highest BCUT2D eigenvalue weighted by atomic mass is 14.2. The Kier molecular flexibility index (Phi) is 8.50. The molecule has 0 rings (SSSR count). The van der Waals surface area contributed by atoms with Crippen LogP contribution in [0.1, 0.15) is 38.5 Å². The highest BCUT2D eigenvalue weighted by molar-refractivity contribution is 5.02. The van der Waals surface area contributed by atoms with Gasteiger partial charge in [-0.15, -0.1) is 0 Å². The van der Waals surface area contributed by atoms with Crippen LogP contribution < -0.4 is 0 Å². The molecule has 0 aliphatic heterocycles. The molecule has 0 saturated carbocycles. The molecule has 2 heteroatoms. The van der Waals surface area contributed by atoms with Gasteiger partial charge in [-0.05, 0) is 25.7 Å². The zero-order valence-corrected chi connectivity index (χ0v) is 8.50. The van der Waals surface area contributed by atoms with Crippen molar-refractivity contribution in [1.29, 1.82) is 10.5 Å². The molecule has 74 valence electrons. The van der Waals surface area contributed by atoms with E-state index in [2.05, 4.69) is 18.7 Å². The molecule has 0 atom stereocenters. The topological polar surface area (TPSA) is 47.6 Å². The van der Waals surface area contributed by atoms with Crippen LogP contribution in [0.15, 0.2) is 24.3 Å². The fourth-order valence-electron chi connectivity index (χ4n) is 1.04. The van der Waals surface area contributed by atoms with Crippen molar-refractivity contribution in [2.45, 2.75) is 38.5 Å². The van der Waals surface area contributed by atoms with Gasteiger partial charge in [-0.3, -0.25) is 0 Å². The van der Waals surface area contributed by atoms with E-state index in [-0.39, 0.29) is 0 Å². The first-order valence-corrected chi connectivity index (χ1v) is 4.86. The van der Waals surface area contributed by atoms with Crippen LogP contribution in [0.2, 0.25) is 0 Å². The number of rotatable bonds is 7. The fraction of sp³-hybridized carbons (Fsp3) is 0.500. The molecule has 0 bridgehead atoms. The lowest BCUT2D eigenvalue weighted by Gasteiger charge is -1.98. The number of nitrogens with zero attached hydrogens (tertiary/aromatic N) is 2. The van der Waals surface area contributed by atoms with E-state index >= 15 is 0 Å². The summed E-state index contributed by atoms with van der Waals surface area (Å²) in [5.74, 6) is 0. The third-order valence-corrected chi connectivity index (χ3v) is 1.81. The molecule has 0 aromatic carbocycles. The lowest BCUT2D eigenvalue weighted by molar-refractivity contribution is 0.825. The standard InChI is InChI=1S/C12H16N2/c1-12(9-5-7-11-14)8-4-2-3-6-10-13/h2,4H,1,3,5-9H2. The molecule has 0 unspecified atom stereocenters. The minimum absolute atomic E-state index is 0.581. The monoisotopic (exact) mass is 188 g/mol. The maximum atomic E-state index is 8.33. The normalized spacial score (nSPS) is 9.57. The fourth-order valence-corrected chi connectivity index (χ4v) is 1.04. The minimum atomic E-state index is 0.581. The molecular weight excluding hydrogens is 172 g/mol. The highest BCUT2D eigenvalue weighted by Crippen LogP contribution is 2.09. The third-order valence-electron chi connectivity index (χ3n) is 1.81. The number of unbranched alkanes of at least 4 members (excludes halogenated alkanes) is 2. The predicted octanol–water partition coefficient (Wildman–Crippen LogP) is 3.49. The molecule has 2 nitrogen and oxygen atoms in total. The van der Waals surface area contributed by atoms with Crippen molar-refractivity contribution in [3.05, 3.63) is 24.3 Å². The predicted molar refractivity (Wildman–Crippen MR) is 57.2 cm³/mol. The molecule has 0 fully saturated rings. The van der Waals surface area contributed by atoms with Crippen LogP contribution in [-0.4, -0.2) is 0 Å². The van der Waals surface area contributed by atoms with Gasteiger partial charge >= 0.3 is 0 Å². The van der Waals surface area contributed by atoms with Crippen molar-refractivity contribution in [3.8, 4) is 12.1 Å². The Labute approximate surface area is 86.2 Å². The second kappa shape index (κ2) is 9.55. The van der Waals surface area contributed by atoms with Crippen molar-refractivity contribution in [2.75, 3.05) is 0 Å². The Morgan fingerprint density at radius 3 is 2.50 bits per heavy atom. The Morgan fingerprint density at radius 1 is 1.14 bits per heavy atom. The molecule has 0 radical (unpaired) electrons. The minimum Gasteiger partial charge on any atom is -0.198 e. The molecule has 0 heterocycles. The molecule has 14 heavy (non-hydrogen) atoms. The van der Waals surface area contributed by atoms with Gasteiger partial charge in [0.1, 0.15) is 0 Å². The van der Waals surface area contributed by atoms with Gasteiger partial charge in [0.2, 0.25) is 0 Å². The maximum absolute atomic E-state index is 8.33. The van der Waals surface area contributed by atoms with Gasteiger partial charge in [0.05, 0.1) is 12.1 Å². The molecule has 0 N–H and O–H groups in total. The first-order chi connectivity index (χ1) is 6.81. The van der Waals surface area contributed by atoms with Crippen LogP contribution in [0.4, 0.5) is 0 Å². The summed E-state index contributed by atoms with van der Waals surface area (Å²) in [4.78, 5) is 0. The molecular formula is C12H16N2. The summed E-state index contributed by atoms with van der Waals surface area (Å²) in [5, 5.41) is 16.6. The summed E-state index contributed by atoms with van der Waals surface area (Å²) in [6.07, 6.45) is 8.77.